The molecule has 0 aliphatic carbocycles. The summed E-state index contributed by atoms with van der Waals surface area (Å²) in [6, 6.07) is 2.40. The number of hydrogen-bond donors (Lipinski definition) is 0. The molecule has 0 saturated heterocycles. The molecule has 0 aromatic heterocycles. The summed E-state index contributed by atoms with van der Waals surface area (Å²) in [5, 5.41) is 0. The number of hydrogen-bond acceptors (Lipinski definition) is 3. The van der Waals surface area contributed by atoms with Crippen molar-refractivity contribution in [3.63, 3.8) is 0 Å². The van der Waals surface area contributed by atoms with Gasteiger partial charge in [0.15, 0.2) is 0 Å². The summed E-state index contributed by atoms with van der Waals surface area (Å²) in [5.74, 6) is 0. The van der Waals surface area contributed by atoms with Gasteiger partial charge in [0.05, 0.1) is 5.69 Å². The van der Waals surface area contributed by atoms with E-state index in [1.54, 1.807) is 0 Å². The summed E-state index contributed by atoms with van der Waals surface area (Å²) in [5.41, 5.74) is 5.16. The van der Waals surface area contributed by atoms with Gasteiger partial charge in [-0.25, -0.2) is 4.79 Å². The molecule has 0 saturated carbocycles. The molecular formula is C21H31BrN2O2. The monoisotopic (exact) mass is 422 g/mol. The average molecular weight is 423 g/mol. The van der Waals surface area contributed by atoms with Crippen molar-refractivity contribution >= 4 is 27.7 Å². The second-order valence-corrected chi connectivity index (χ2v) is 9.19. The minimum absolute atomic E-state index is 0.196. The Bertz CT molecular complexity index is 682. The van der Waals surface area contributed by atoms with E-state index in [9.17, 15) is 4.79 Å². The first-order valence-electron chi connectivity index (χ1n) is 9.86. The van der Waals surface area contributed by atoms with E-state index < -0.39 is 5.60 Å². The molecule has 26 heavy (non-hydrogen) atoms. The number of carbonyl (C=O) groups excluding carboxylic acids is 1. The van der Waals surface area contributed by atoms with E-state index in [0.29, 0.717) is 6.54 Å². The highest BCUT2D eigenvalue weighted by atomic mass is 79.9. The fraction of sp³-hybridized carbons (Fsp3) is 0.667. The van der Waals surface area contributed by atoms with Crippen LogP contribution in [0.3, 0.4) is 0 Å². The molecule has 2 aliphatic rings. The zero-order valence-corrected chi connectivity index (χ0v) is 18.1. The standard InChI is InChI=1S/C21H31BrN2O2/c1-5-10-23-11-6-7-16-14-15-8-12-24(20(25)26-21(2,3)4)13-9-17(15)18(22)19(16)23/h14H,5-13H2,1-4H3. The van der Waals surface area contributed by atoms with Crippen LogP contribution >= 0.6 is 15.9 Å². The fourth-order valence-electron chi connectivity index (χ4n) is 4.01. The zero-order valence-electron chi connectivity index (χ0n) is 16.5. The largest absolute Gasteiger partial charge is 0.444 e. The highest BCUT2D eigenvalue weighted by Gasteiger charge is 2.28. The Hall–Kier alpha value is -1.23. The van der Waals surface area contributed by atoms with Crippen molar-refractivity contribution in [2.24, 2.45) is 0 Å². The van der Waals surface area contributed by atoms with Gasteiger partial charge in [0.2, 0.25) is 0 Å². The van der Waals surface area contributed by atoms with Gasteiger partial charge in [-0.3, -0.25) is 0 Å². The molecule has 0 bridgehead atoms. The lowest BCUT2D eigenvalue weighted by molar-refractivity contribution is 0.0258. The van der Waals surface area contributed by atoms with Crippen molar-refractivity contribution in [3.8, 4) is 0 Å². The maximum atomic E-state index is 12.5. The first kappa shape index (κ1) is 19.5. The van der Waals surface area contributed by atoms with Gasteiger partial charge in [-0.15, -0.1) is 0 Å². The number of rotatable bonds is 2. The smallest absolute Gasteiger partial charge is 0.410 e. The van der Waals surface area contributed by atoms with Crippen molar-refractivity contribution in [3.05, 3.63) is 27.2 Å². The van der Waals surface area contributed by atoms with Crippen molar-refractivity contribution < 1.29 is 9.53 Å². The molecule has 144 valence electrons. The summed E-state index contributed by atoms with van der Waals surface area (Å²) in [6.45, 7) is 11.7. The van der Waals surface area contributed by atoms with E-state index in [2.05, 4.69) is 33.8 Å². The molecule has 0 unspecified atom stereocenters. The molecule has 1 aromatic rings. The number of carbonyl (C=O) groups is 1. The molecule has 0 atom stereocenters. The molecule has 5 heteroatoms. The van der Waals surface area contributed by atoms with Crippen molar-refractivity contribution in [2.45, 2.75) is 65.4 Å². The lowest BCUT2D eigenvalue weighted by Gasteiger charge is -2.33. The minimum Gasteiger partial charge on any atom is -0.444 e. The summed E-state index contributed by atoms with van der Waals surface area (Å²) in [7, 11) is 0. The average Bonchev–Trinajstić information content (AvgIpc) is 2.76. The first-order chi connectivity index (χ1) is 12.3. The molecule has 0 N–H and O–H groups in total. The van der Waals surface area contributed by atoms with Crippen LogP contribution in [-0.2, 0) is 24.0 Å². The third-order valence-corrected chi connectivity index (χ3v) is 5.99. The highest BCUT2D eigenvalue weighted by molar-refractivity contribution is 9.10. The van der Waals surface area contributed by atoms with Gasteiger partial charge >= 0.3 is 6.09 Å². The van der Waals surface area contributed by atoms with Crippen molar-refractivity contribution in [1.82, 2.24) is 4.90 Å². The fourth-order valence-corrected chi connectivity index (χ4v) is 4.96. The highest BCUT2D eigenvalue weighted by Crippen LogP contribution is 2.40. The number of nitrogens with zero attached hydrogens (tertiary/aromatic N) is 2. The summed E-state index contributed by atoms with van der Waals surface area (Å²) in [4.78, 5) is 16.9. The normalized spacial score (nSPS) is 17.4. The van der Waals surface area contributed by atoms with Crippen LogP contribution in [0.1, 0.15) is 57.2 Å². The van der Waals surface area contributed by atoms with E-state index in [4.69, 9.17) is 4.74 Å². The molecule has 4 nitrogen and oxygen atoms in total. The van der Waals surface area contributed by atoms with Crippen LogP contribution < -0.4 is 4.90 Å². The number of aryl methyl sites for hydroxylation is 1. The number of fused-ring (bicyclic) bond motifs is 2. The van der Waals surface area contributed by atoms with Crippen LogP contribution in [-0.4, -0.2) is 42.8 Å². The van der Waals surface area contributed by atoms with Crippen LogP contribution in [0.4, 0.5) is 10.5 Å². The number of amides is 1. The Balaban J connectivity index is 1.84. The lowest BCUT2D eigenvalue weighted by Crippen LogP contribution is -2.38. The van der Waals surface area contributed by atoms with Crippen LogP contribution in [0, 0.1) is 0 Å². The predicted molar refractivity (Wildman–Crippen MR) is 110 cm³/mol. The Labute approximate surface area is 166 Å². The Kier molecular flexibility index (Phi) is 5.85. The Morgan fingerprint density at radius 1 is 1.15 bits per heavy atom. The SMILES string of the molecule is CCCN1CCCc2cc3c(c(Br)c21)CCN(C(=O)OC(C)(C)C)CC3. The van der Waals surface area contributed by atoms with Gasteiger partial charge in [-0.05, 0) is 85.5 Å². The van der Waals surface area contributed by atoms with Crippen LogP contribution in [0.5, 0.6) is 0 Å². The zero-order chi connectivity index (χ0) is 18.9. The van der Waals surface area contributed by atoms with Gasteiger partial charge in [-0.1, -0.05) is 13.0 Å². The van der Waals surface area contributed by atoms with Crippen molar-refractivity contribution in [1.29, 1.82) is 0 Å². The molecule has 3 rings (SSSR count). The molecule has 1 aromatic carbocycles. The lowest BCUT2D eigenvalue weighted by atomic mass is 9.93. The Morgan fingerprint density at radius 3 is 2.58 bits per heavy atom. The van der Waals surface area contributed by atoms with Crippen LogP contribution in [0.2, 0.25) is 0 Å². The Morgan fingerprint density at radius 2 is 1.88 bits per heavy atom. The molecule has 0 spiro atoms. The summed E-state index contributed by atoms with van der Waals surface area (Å²) < 4.78 is 6.83. The quantitative estimate of drug-likeness (QED) is 0.675. The topological polar surface area (TPSA) is 32.8 Å². The minimum atomic E-state index is -0.448. The van der Waals surface area contributed by atoms with E-state index in [0.717, 1.165) is 45.3 Å². The molecular weight excluding hydrogens is 392 g/mol. The second kappa shape index (κ2) is 7.79. The van der Waals surface area contributed by atoms with Gasteiger partial charge < -0.3 is 14.5 Å². The third kappa shape index (κ3) is 4.19. The summed E-state index contributed by atoms with van der Waals surface area (Å²) in [6.07, 6.45) is 5.12. The molecule has 0 radical (unpaired) electrons. The second-order valence-electron chi connectivity index (χ2n) is 8.39. The first-order valence-corrected chi connectivity index (χ1v) is 10.7. The predicted octanol–water partition coefficient (Wildman–Crippen LogP) is 4.95. The van der Waals surface area contributed by atoms with Crippen LogP contribution in [0.15, 0.2) is 10.5 Å². The summed E-state index contributed by atoms with van der Waals surface area (Å²) >= 11 is 3.93. The number of anilines is 1. The molecule has 1 amide bonds. The van der Waals surface area contributed by atoms with E-state index >= 15 is 0 Å². The van der Waals surface area contributed by atoms with Gasteiger partial charge in [0, 0.05) is 30.7 Å². The van der Waals surface area contributed by atoms with Crippen LogP contribution in [0.25, 0.3) is 0 Å². The van der Waals surface area contributed by atoms with E-state index in [-0.39, 0.29) is 6.09 Å². The van der Waals surface area contributed by atoms with E-state index in [1.807, 2.05) is 25.7 Å². The van der Waals surface area contributed by atoms with Gasteiger partial charge in [0.1, 0.15) is 5.60 Å². The number of ether oxygens (including phenoxy) is 1. The maximum Gasteiger partial charge on any atom is 0.410 e. The maximum absolute atomic E-state index is 12.5. The van der Waals surface area contributed by atoms with E-state index in [1.165, 1.54) is 33.3 Å². The number of benzene rings is 1. The van der Waals surface area contributed by atoms with Crippen molar-refractivity contribution in [2.75, 3.05) is 31.1 Å². The van der Waals surface area contributed by atoms with Gasteiger partial charge in [0.25, 0.3) is 0 Å². The molecule has 0 fully saturated rings. The molecule has 2 aliphatic heterocycles. The third-order valence-electron chi connectivity index (χ3n) is 5.13. The number of halogens is 1. The van der Waals surface area contributed by atoms with Gasteiger partial charge in [-0.2, -0.15) is 0 Å². The molecule has 2 heterocycles.